The second-order valence-electron chi connectivity index (χ2n) is 0.708. The van der Waals surface area contributed by atoms with Crippen LogP contribution < -0.4 is 29.6 Å². The summed E-state index contributed by atoms with van der Waals surface area (Å²) in [5.41, 5.74) is 0. The molecule has 1 heterocycles. The first-order chi connectivity index (χ1) is 3.00. The van der Waals surface area contributed by atoms with Crippen LogP contribution >= 0.6 is 0 Å². The minimum Gasteiger partial charge on any atom is -1.00 e. The zero-order valence-corrected chi connectivity index (χ0v) is 5.94. The molecule has 1 aromatic rings. The van der Waals surface area contributed by atoms with E-state index in [2.05, 4.69) is 20.6 Å². The van der Waals surface area contributed by atoms with Gasteiger partial charge in [0.05, 0.1) is 12.4 Å². The van der Waals surface area contributed by atoms with E-state index in [0.29, 0.717) is 0 Å². The van der Waals surface area contributed by atoms with Crippen LogP contribution in [0.15, 0.2) is 12.4 Å². The third-order valence-corrected chi connectivity index (χ3v) is 0.343. The van der Waals surface area contributed by atoms with Gasteiger partial charge < -0.3 is 1.43 Å². The van der Waals surface area contributed by atoms with Gasteiger partial charge >= 0.3 is 29.6 Å². The van der Waals surface area contributed by atoms with Gasteiger partial charge in [0, 0.05) is 0 Å². The van der Waals surface area contributed by atoms with E-state index in [1.54, 1.807) is 0 Å². The third kappa shape index (κ3) is 2.61. The molecule has 0 aliphatic rings. The van der Waals surface area contributed by atoms with Gasteiger partial charge in [-0.2, -0.15) is 0 Å². The van der Waals surface area contributed by atoms with Gasteiger partial charge in [-0.05, 0) is 10.4 Å². The van der Waals surface area contributed by atoms with E-state index in [1.807, 2.05) is 0 Å². The van der Waals surface area contributed by atoms with E-state index in [1.165, 1.54) is 12.4 Å². The second-order valence-corrected chi connectivity index (χ2v) is 0.708. The molecule has 0 radical (unpaired) electrons. The smallest absolute Gasteiger partial charge is 1.00 e. The van der Waals surface area contributed by atoms with Gasteiger partial charge in [-0.25, -0.2) is 0 Å². The van der Waals surface area contributed by atoms with Crippen molar-refractivity contribution in [3.63, 3.8) is 0 Å². The molecule has 0 saturated carbocycles. The van der Waals surface area contributed by atoms with Gasteiger partial charge in [0.25, 0.3) is 0 Å². The molecule has 0 fully saturated rings. The molecule has 0 spiro atoms. The normalized spacial score (nSPS) is 6.86. The summed E-state index contributed by atoms with van der Waals surface area (Å²) in [5.74, 6) is 0. The fraction of sp³-hybridized carbons (Fsp3) is 0. The Balaban J connectivity index is 0. The Morgan fingerprint density at radius 1 is 1.00 bits per heavy atom. The van der Waals surface area contributed by atoms with Crippen LogP contribution in [0.5, 0.6) is 0 Å². The van der Waals surface area contributed by atoms with Gasteiger partial charge in [-0.3, -0.25) is 0 Å². The van der Waals surface area contributed by atoms with Crippen LogP contribution in [0.3, 0.4) is 0 Å². The molecule has 0 aromatic carbocycles. The standard InChI is InChI=1S/C2H2N4.Na.H/c1-2-4-6-5-3-1;;/h1-2H;;/q;+1;-1. The molecule has 0 N–H and O–H groups in total. The summed E-state index contributed by atoms with van der Waals surface area (Å²) in [6.07, 6.45) is 2.93. The van der Waals surface area contributed by atoms with Gasteiger partial charge in [-0.15, -0.1) is 10.2 Å². The van der Waals surface area contributed by atoms with Crippen molar-refractivity contribution in [2.45, 2.75) is 0 Å². The number of nitrogens with zero attached hydrogens (tertiary/aromatic N) is 4. The summed E-state index contributed by atoms with van der Waals surface area (Å²) in [7, 11) is 0. The third-order valence-electron chi connectivity index (χ3n) is 0.343. The van der Waals surface area contributed by atoms with Crippen molar-refractivity contribution in [1.29, 1.82) is 0 Å². The van der Waals surface area contributed by atoms with Gasteiger partial charge in [-0.1, -0.05) is 0 Å². The van der Waals surface area contributed by atoms with Crippen LogP contribution in [-0.2, 0) is 0 Å². The van der Waals surface area contributed by atoms with Crippen LogP contribution in [0.1, 0.15) is 1.43 Å². The van der Waals surface area contributed by atoms with E-state index in [9.17, 15) is 0 Å². The van der Waals surface area contributed by atoms with Crippen LogP contribution in [0.25, 0.3) is 0 Å². The average Bonchev–Trinajstić information content (AvgIpc) is 1.72. The zero-order chi connectivity index (χ0) is 4.24. The van der Waals surface area contributed by atoms with Crippen LogP contribution in [-0.4, -0.2) is 20.6 Å². The summed E-state index contributed by atoms with van der Waals surface area (Å²) in [6.45, 7) is 0. The zero-order valence-electron chi connectivity index (χ0n) is 4.94. The van der Waals surface area contributed by atoms with E-state index in [0.717, 1.165) is 0 Å². The van der Waals surface area contributed by atoms with Crippen LogP contribution in [0, 0.1) is 0 Å². The Kier molecular flexibility index (Phi) is 4.07. The Bertz CT molecular complexity index is 86.0. The van der Waals surface area contributed by atoms with Gasteiger partial charge in [0.1, 0.15) is 0 Å². The molecular weight excluding hydrogens is 103 g/mol. The number of hydrogen-bond acceptors (Lipinski definition) is 4. The number of aromatic nitrogens is 4. The fourth-order valence-electron chi connectivity index (χ4n) is 0.165. The van der Waals surface area contributed by atoms with E-state index in [4.69, 9.17) is 0 Å². The SMILES string of the molecule is [H-].[Na+].c1cnnnn1. The van der Waals surface area contributed by atoms with Gasteiger partial charge in [0.2, 0.25) is 0 Å². The summed E-state index contributed by atoms with van der Waals surface area (Å²) in [5, 5.41) is 13.1. The van der Waals surface area contributed by atoms with Crippen molar-refractivity contribution in [2.75, 3.05) is 0 Å². The predicted molar refractivity (Wildman–Crippen MR) is 18.7 cm³/mol. The Morgan fingerprint density at radius 3 is 1.57 bits per heavy atom. The minimum atomic E-state index is 0. The molecule has 7 heavy (non-hydrogen) atoms. The first-order valence-corrected chi connectivity index (χ1v) is 1.45. The van der Waals surface area contributed by atoms with Crippen LogP contribution in [0.4, 0.5) is 0 Å². The maximum absolute atomic E-state index is 3.36. The molecule has 0 bridgehead atoms. The molecule has 0 amide bonds. The maximum atomic E-state index is 3.36. The van der Waals surface area contributed by atoms with Crippen molar-refractivity contribution in [2.24, 2.45) is 0 Å². The Labute approximate surface area is 64.1 Å². The molecule has 5 heteroatoms. The van der Waals surface area contributed by atoms with Crippen molar-refractivity contribution < 1.29 is 31.0 Å². The molecule has 1 rings (SSSR count). The molecule has 0 aliphatic heterocycles. The summed E-state index contributed by atoms with van der Waals surface area (Å²) >= 11 is 0. The first kappa shape index (κ1) is 6.94. The summed E-state index contributed by atoms with van der Waals surface area (Å²) < 4.78 is 0. The quantitative estimate of drug-likeness (QED) is 0.320. The van der Waals surface area contributed by atoms with Gasteiger partial charge in [0.15, 0.2) is 0 Å². The first-order valence-electron chi connectivity index (χ1n) is 1.45. The second kappa shape index (κ2) is 4.11. The van der Waals surface area contributed by atoms with E-state index >= 15 is 0 Å². The molecule has 0 atom stereocenters. The Morgan fingerprint density at radius 2 is 1.43 bits per heavy atom. The average molecular weight is 106 g/mol. The molecule has 0 aliphatic carbocycles. The summed E-state index contributed by atoms with van der Waals surface area (Å²) in [6, 6.07) is 0. The van der Waals surface area contributed by atoms with Crippen molar-refractivity contribution in [3.05, 3.63) is 12.4 Å². The van der Waals surface area contributed by atoms with Crippen LogP contribution in [0.2, 0.25) is 0 Å². The van der Waals surface area contributed by atoms with Crippen molar-refractivity contribution >= 4 is 0 Å². The molecule has 1 aromatic heterocycles. The fourth-order valence-corrected chi connectivity index (χ4v) is 0.165. The topological polar surface area (TPSA) is 51.6 Å². The molecule has 4 nitrogen and oxygen atoms in total. The van der Waals surface area contributed by atoms with Crippen molar-refractivity contribution in [3.8, 4) is 0 Å². The molecular formula is C2H3N4Na. The van der Waals surface area contributed by atoms with E-state index < -0.39 is 0 Å². The monoisotopic (exact) mass is 106 g/mol. The maximum Gasteiger partial charge on any atom is 1.00 e. The van der Waals surface area contributed by atoms with E-state index in [-0.39, 0.29) is 31.0 Å². The number of rotatable bonds is 0. The Hall–Kier alpha value is -0.0600. The molecule has 0 unspecified atom stereocenters. The summed E-state index contributed by atoms with van der Waals surface area (Å²) in [4.78, 5) is 0. The number of hydrogen-bond donors (Lipinski definition) is 0. The largest absolute Gasteiger partial charge is 1.00 e. The van der Waals surface area contributed by atoms with Crippen molar-refractivity contribution in [1.82, 2.24) is 20.6 Å². The molecule has 0 saturated heterocycles. The predicted octanol–water partition coefficient (Wildman–Crippen LogP) is -3.62. The molecule has 32 valence electrons. The minimum absolute atomic E-state index is 0.